The maximum Gasteiger partial charge on any atom is 0.281 e. The van der Waals surface area contributed by atoms with Gasteiger partial charge in [0, 0.05) is 26.7 Å². The Balaban J connectivity index is 1.96. The molecule has 0 radical (unpaired) electrons. The smallest absolute Gasteiger partial charge is 0.281 e. The number of hydrogen-bond acceptors (Lipinski definition) is 3. The third kappa shape index (κ3) is 3.04. The van der Waals surface area contributed by atoms with E-state index >= 15 is 0 Å². The first-order valence-corrected chi connectivity index (χ1v) is 8.26. The molecule has 3 atom stereocenters. The second-order valence-corrected chi connectivity index (χ2v) is 7.90. The van der Waals surface area contributed by atoms with Gasteiger partial charge in [0.15, 0.2) is 0 Å². The summed E-state index contributed by atoms with van der Waals surface area (Å²) in [6.07, 6.45) is 3.13. The maximum atomic E-state index is 12.4. The Morgan fingerprint density at radius 2 is 2.11 bits per heavy atom. The molecule has 6 heteroatoms. The van der Waals surface area contributed by atoms with Gasteiger partial charge in [0.05, 0.1) is 0 Å². The summed E-state index contributed by atoms with van der Waals surface area (Å²) in [6, 6.07) is 0. The van der Waals surface area contributed by atoms with Crippen LogP contribution < -0.4 is 5.73 Å². The SMILES string of the molecule is CC1CC1CN(C)S(=O)(=O)N1CCCC(CN)C1. The molecular formula is C12H25N3O2S. The Labute approximate surface area is 110 Å². The van der Waals surface area contributed by atoms with Gasteiger partial charge in [-0.3, -0.25) is 0 Å². The van der Waals surface area contributed by atoms with E-state index < -0.39 is 10.2 Å². The van der Waals surface area contributed by atoms with Crippen LogP contribution in [0.15, 0.2) is 0 Å². The molecule has 1 aliphatic carbocycles. The summed E-state index contributed by atoms with van der Waals surface area (Å²) < 4.78 is 28.0. The predicted octanol–water partition coefficient (Wildman–Crippen LogP) is 0.490. The van der Waals surface area contributed by atoms with Crippen LogP contribution >= 0.6 is 0 Å². The molecule has 3 unspecified atom stereocenters. The van der Waals surface area contributed by atoms with Gasteiger partial charge in [-0.15, -0.1) is 0 Å². The van der Waals surface area contributed by atoms with Crippen molar-refractivity contribution in [2.75, 3.05) is 33.2 Å². The fourth-order valence-electron chi connectivity index (χ4n) is 2.70. The van der Waals surface area contributed by atoms with Gasteiger partial charge in [0.2, 0.25) is 0 Å². The Bertz CT molecular complexity index is 385. The minimum absolute atomic E-state index is 0.321. The van der Waals surface area contributed by atoms with Crippen LogP contribution in [0.2, 0.25) is 0 Å². The van der Waals surface area contributed by atoms with Crippen LogP contribution in [0.25, 0.3) is 0 Å². The molecule has 1 aliphatic heterocycles. The molecule has 2 fully saturated rings. The van der Waals surface area contributed by atoms with Crippen molar-refractivity contribution in [1.29, 1.82) is 0 Å². The van der Waals surface area contributed by atoms with Crippen molar-refractivity contribution in [2.45, 2.75) is 26.2 Å². The van der Waals surface area contributed by atoms with Gasteiger partial charge in [-0.1, -0.05) is 6.92 Å². The van der Waals surface area contributed by atoms with Gasteiger partial charge >= 0.3 is 0 Å². The molecule has 0 amide bonds. The van der Waals surface area contributed by atoms with Crippen molar-refractivity contribution in [2.24, 2.45) is 23.5 Å². The van der Waals surface area contributed by atoms with Crippen LogP contribution in [0, 0.1) is 17.8 Å². The lowest BCUT2D eigenvalue weighted by molar-refractivity contribution is 0.254. The summed E-state index contributed by atoms with van der Waals surface area (Å²) in [4.78, 5) is 0. The maximum absolute atomic E-state index is 12.4. The lowest BCUT2D eigenvalue weighted by atomic mass is 10.0. The lowest BCUT2D eigenvalue weighted by Gasteiger charge is -2.34. The van der Waals surface area contributed by atoms with Crippen LogP contribution in [0.5, 0.6) is 0 Å². The van der Waals surface area contributed by atoms with Gasteiger partial charge in [-0.2, -0.15) is 17.0 Å². The third-order valence-electron chi connectivity index (χ3n) is 4.30. The molecule has 5 nitrogen and oxygen atoms in total. The number of rotatable bonds is 5. The molecular weight excluding hydrogens is 250 g/mol. The quantitative estimate of drug-likeness (QED) is 0.794. The van der Waals surface area contributed by atoms with Crippen LogP contribution in [-0.2, 0) is 10.2 Å². The Hall–Kier alpha value is -0.170. The molecule has 2 aliphatic rings. The van der Waals surface area contributed by atoms with E-state index in [-0.39, 0.29) is 0 Å². The average molecular weight is 275 g/mol. The lowest BCUT2D eigenvalue weighted by Crippen LogP contribution is -2.48. The van der Waals surface area contributed by atoms with E-state index in [1.54, 1.807) is 11.4 Å². The zero-order valence-electron chi connectivity index (χ0n) is 11.4. The normalized spacial score (nSPS) is 33.9. The van der Waals surface area contributed by atoms with Crippen LogP contribution in [0.3, 0.4) is 0 Å². The fourth-order valence-corrected chi connectivity index (χ4v) is 4.24. The Kier molecular flexibility index (Phi) is 4.31. The predicted molar refractivity (Wildman–Crippen MR) is 72.2 cm³/mol. The first kappa shape index (κ1) is 14.2. The number of hydrogen-bond donors (Lipinski definition) is 1. The molecule has 0 spiro atoms. The molecule has 106 valence electrons. The molecule has 1 heterocycles. The summed E-state index contributed by atoms with van der Waals surface area (Å²) in [7, 11) is -1.57. The van der Waals surface area contributed by atoms with E-state index in [0.29, 0.717) is 43.9 Å². The zero-order valence-corrected chi connectivity index (χ0v) is 12.2. The molecule has 2 N–H and O–H groups in total. The molecule has 18 heavy (non-hydrogen) atoms. The second-order valence-electron chi connectivity index (χ2n) is 5.86. The summed E-state index contributed by atoms with van der Waals surface area (Å²) in [5.41, 5.74) is 5.66. The Morgan fingerprint density at radius 3 is 2.67 bits per heavy atom. The summed E-state index contributed by atoms with van der Waals surface area (Å²) >= 11 is 0. The van der Waals surface area contributed by atoms with Gasteiger partial charge in [-0.25, -0.2) is 0 Å². The Morgan fingerprint density at radius 1 is 1.44 bits per heavy atom. The fraction of sp³-hybridized carbons (Fsp3) is 1.00. The molecule has 0 aromatic carbocycles. The average Bonchev–Trinajstić information content (AvgIpc) is 3.04. The molecule has 0 aromatic rings. The zero-order chi connectivity index (χ0) is 13.3. The topological polar surface area (TPSA) is 66.6 Å². The van der Waals surface area contributed by atoms with Gasteiger partial charge < -0.3 is 5.73 Å². The van der Waals surface area contributed by atoms with Crippen molar-refractivity contribution < 1.29 is 8.42 Å². The molecule has 1 saturated heterocycles. The van der Waals surface area contributed by atoms with Gasteiger partial charge in [0.1, 0.15) is 0 Å². The largest absolute Gasteiger partial charge is 0.330 e. The van der Waals surface area contributed by atoms with Crippen LogP contribution in [0.4, 0.5) is 0 Å². The van der Waals surface area contributed by atoms with Crippen molar-refractivity contribution in [3.8, 4) is 0 Å². The van der Waals surface area contributed by atoms with Crippen molar-refractivity contribution >= 4 is 10.2 Å². The molecule has 2 rings (SSSR count). The first-order valence-electron chi connectivity index (χ1n) is 6.86. The third-order valence-corrected chi connectivity index (χ3v) is 6.22. The van der Waals surface area contributed by atoms with E-state index in [1.165, 1.54) is 4.31 Å². The van der Waals surface area contributed by atoms with Gasteiger partial charge in [-0.05, 0) is 43.6 Å². The highest BCUT2D eigenvalue weighted by Gasteiger charge is 2.38. The summed E-state index contributed by atoms with van der Waals surface area (Å²) in [5, 5.41) is 0. The highest BCUT2D eigenvalue weighted by atomic mass is 32.2. The first-order chi connectivity index (χ1) is 8.45. The van der Waals surface area contributed by atoms with Crippen LogP contribution in [-0.4, -0.2) is 50.3 Å². The second kappa shape index (κ2) is 5.45. The van der Waals surface area contributed by atoms with E-state index in [1.807, 2.05) is 0 Å². The van der Waals surface area contributed by atoms with Crippen LogP contribution in [0.1, 0.15) is 26.2 Å². The molecule has 0 aromatic heterocycles. The van der Waals surface area contributed by atoms with Gasteiger partial charge in [0.25, 0.3) is 10.2 Å². The molecule has 0 bridgehead atoms. The highest BCUT2D eigenvalue weighted by molar-refractivity contribution is 7.86. The molecule has 1 saturated carbocycles. The van der Waals surface area contributed by atoms with Crippen molar-refractivity contribution in [3.05, 3.63) is 0 Å². The van der Waals surface area contributed by atoms with Crippen molar-refractivity contribution in [1.82, 2.24) is 8.61 Å². The highest BCUT2D eigenvalue weighted by Crippen LogP contribution is 2.38. The number of nitrogens with two attached hydrogens (primary N) is 1. The van der Waals surface area contributed by atoms with Crippen molar-refractivity contribution in [3.63, 3.8) is 0 Å². The minimum atomic E-state index is -3.27. The van der Waals surface area contributed by atoms with E-state index in [9.17, 15) is 8.42 Å². The van der Waals surface area contributed by atoms with E-state index in [4.69, 9.17) is 5.73 Å². The summed E-state index contributed by atoms with van der Waals surface area (Å²) in [5.74, 6) is 1.56. The van der Waals surface area contributed by atoms with E-state index in [0.717, 1.165) is 19.3 Å². The monoisotopic (exact) mass is 275 g/mol. The summed E-state index contributed by atoms with van der Waals surface area (Å²) in [6.45, 7) is 4.64. The number of piperidine rings is 1. The minimum Gasteiger partial charge on any atom is -0.330 e. The standard InChI is InChI=1S/C12H25N3O2S/c1-10-6-12(10)9-14(2)18(16,17)15-5-3-4-11(7-13)8-15/h10-12H,3-9,13H2,1-2H3. The van der Waals surface area contributed by atoms with E-state index in [2.05, 4.69) is 6.92 Å². The number of nitrogens with zero attached hydrogens (tertiary/aromatic N) is 2.